The predicted molar refractivity (Wildman–Crippen MR) is 92.0 cm³/mol. The number of fused-ring (bicyclic) bond motifs is 1. The molecule has 2 fully saturated rings. The smallest absolute Gasteiger partial charge is 0.325 e. The Labute approximate surface area is 151 Å². The molecule has 0 aromatic heterocycles. The fourth-order valence-corrected chi connectivity index (χ4v) is 3.86. The Morgan fingerprint density at radius 3 is 2.69 bits per heavy atom. The van der Waals surface area contributed by atoms with Gasteiger partial charge < -0.3 is 14.8 Å². The SMILES string of the molecule is C[C@@H]1NC(=O)N(C2CC(Oc3ccc(C#N)c4c3C(C)(C)CO4)C2)C1=O. The van der Waals surface area contributed by atoms with Crippen molar-refractivity contribution in [2.75, 3.05) is 6.61 Å². The molecule has 3 amide bonds. The maximum absolute atomic E-state index is 12.1. The summed E-state index contributed by atoms with van der Waals surface area (Å²) in [5.74, 6) is 1.15. The lowest BCUT2D eigenvalue weighted by Gasteiger charge is -2.39. The second kappa shape index (κ2) is 5.63. The molecule has 3 aliphatic rings. The molecule has 0 radical (unpaired) electrons. The standard InChI is InChI=1S/C19H21N3O4/c1-10-17(23)22(18(24)21-10)12-6-13(7-12)26-14-5-4-11(8-20)16-15(14)19(2,3)9-25-16/h4-5,10,12-13H,6-7,9H2,1-3H3,(H,21,24)/t10-,12?,13?/m0/s1. The Kier molecular flexibility index (Phi) is 3.62. The maximum Gasteiger partial charge on any atom is 0.325 e. The molecule has 1 atom stereocenters. The van der Waals surface area contributed by atoms with Crippen LogP contribution in [0.5, 0.6) is 11.5 Å². The number of imide groups is 1. The fourth-order valence-electron chi connectivity index (χ4n) is 3.86. The number of rotatable bonds is 3. The topological polar surface area (TPSA) is 91.7 Å². The summed E-state index contributed by atoms with van der Waals surface area (Å²) >= 11 is 0. The van der Waals surface area contributed by atoms with Gasteiger partial charge in [0.2, 0.25) is 0 Å². The van der Waals surface area contributed by atoms with Gasteiger partial charge in [0.15, 0.2) is 0 Å². The van der Waals surface area contributed by atoms with E-state index in [4.69, 9.17) is 9.47 Å². The van der Waals surface area contributed by atoms with Crippen molar-refractivity contribution in [3.05, 3.63) is 23.3 Å². The Morgan fingerprint density at radius 2 is 2.08 bits per heavy atom. The number of carbonyl (C=O) groups excluding carboxylic acids is 2. The highest BCUT2D eigenvalue weighted by molar-refractivity contribution is 6.04. The molecule has 1 aromatic carbocycles. The molecule has 7 nitrogen and oxygen atoms in total. The van der Waals surface area contributed by atoms with Crippen LogP contribution in [0.1, 0.15) is 44.7 Å². The quantitative estimate of drug-likeness (QED) is 0.838. The van der Waals surface area contributed by atoms with Gasteiger partial charge in [-0.1, -0.05) is 13.8 Å². The van der Waals surface area contributed by atoms with E-state index in [1.165, 1.54) is 4.90 Å². The molecule has 1 saturated heterocycles. The molecule has 0 unspecified atom stereocenters. The summed E-state index contributed by atoms with van der Waals surface area (Å²) in [4.78, 5) is 25.3. The molecule has 1 aromatic rings. The third-order valence-corrected chi connectivity index (χ3v) is 5.39. The van der Waals surface area contributed by atoms with Crippen LogP contribution in [0.4, 0.5) is 4.79 Å². The molecular formula is C19H21N3O4. The number of ether oxygens (including phenoxy) is 2. The van der Waals surface area contributed by atoms with Crippen LogP contribution in [0.25, 0.3) is 0 Å². The molecule has 1 saturated carbocycles. The van der Waals surface area contributed by atoms with Crippen molar-refractivity contribution in [3.63, 3.8) is 0 Å². The Bertz CT molecular complexity index is 836. The largest absolute Gasteiger partial charge is 0.491 e. The van der Waals surface area contributed by atoms with E-state index < -0.39 is 6.04 Å². The number of amides is 3. The summed E-state index contributed by atoms with van der Waals surface area (Å²) in [5.41, 5.74) is 1.20. The van der Waals surface area contributed by atoms with E-state index in [1.54, 1.807) is 13.0 Å². The minimum atomic E-state index is -0.456. The molecule has 1 aliphatic carbocycles. The van der Waals surface area contributed by atoms with Crippen molar-refractivity contribution in [1.29, 1.82) is 5.26 Å². The van der Waals surface area contributed by atoms with Crippen LogP contribution in [0.3, 0.4) is 0 Å². The minimum absolute atomic E-state index is 0.0649. The number of urea groups is 1. The zero-order chi connectivity index (χ0) is 18.6. The number of carbonyl (C=O) groups is 2. The van der Waals surface area contributed by atoms with Crippen LogP contribution < -0.4 is 14.8 Å². The van der Waals surface area contributed by atoms with Gasteiger partial charge in [-0.15, -0.1) is 0 Å². The maximum atomic E-state index is 12.1. The van der Waals surface area contributed by atoms with Crippen LogP contribution in [0.2, 0.25) is 0 Å². The van der Waals surface area contributed by atoms with Gasteiger partial charge in [0, 0.05) is 29.9 Å². The number of nitrogens with one attached hydrogen (secondary N) is 1. The average molecular weight is 355 g/mol. The number of benzene rings is 1. The minimum Gasteiger partial charge on any atom is -0.491 e. The third kappa shape index (κ3) is 2.40. The predicted octanol–water partition coefficient (Wildman–Crippen LogP) is 2.08. The van der Waals surface area contributed by atoms with E-state index in [-0.39, 0.29) is 29.5 Å². The van der Waals surface area contributed by atoms with E-state index in [9.17, 15) is 14.9 Å². The first-order valence-electron chi connectivity index (χ1n) is 8.82. The highest BCUT2D eigenvalue weighted by atomic mass is 16.5. The normalized spacial score (nSPS) is 28.7. The second-order valence-corrected chi connectivity index (χ2v) is 7.84. The molecular weight excluding hydrogens is 334 g/mol. The van der Waals surface area contributed by atoms with E-state index in [2.05, 4.69) is 25.2 Å². The molecule has 2 heterocycles. The molecule has 0 bridgehead atoms. The zero-order valence-corrected chi connectivity index (χ0v) is 15.0. The van der Waals surface area contributed by atoms with Crippen LogP contribution in [0, 0.1) is 11.3 Å². The first-order valence-corrected chi connectivity index (χ1v) is 8.82. The monoisotopic (exact) mass is 355 g/mol. The van der Waals surface area contributed by atoms with Crippen molar-refractivity contribution >= 4 is 11.9 Å². The molecule has 4 rings (SSSR count). The third-order valence-electron chi connectivity index (χ3n) is 5.39. The highest BCUT2D eigenvalue weighted by Crippen LogP contribution is 2.47. The zero-order valence-electron chi connectivity index (χ0n) is 15.0. The molecule has 26 heavy (non-hydrogen) atoms. The summed E-state index contributed by atoms with van der Waals surface area (Å²) in [6.07, 6.45) is 1.16. The number of nitrogens with zero attached hydrogens (tertiary/aromatic N) is 2. The Balaban J connectivity index is 1.49. The van der Waals surface area contributed by atoms with Gasteiger partial charge in [0.1, 0.15) is 29.7 Å². The second-order valence-electron chi connectivity index (χ2n) is 7.84. The summed E-state index contributed by atoms with van der Waals surface area (Å²) in [6.45, 7) is 6.32. The Morgan fingerprint density at radius 1 is 1.35 bits per heavy atom. The number of hydrogen-bond donors (Lipinski definition) is 1. The van der Waals surface area contributed by atoms with Crippen LogP contribution >= 0.6 is 0 Å². The van der Waals surface area contributed by atoms with Gasteiger partial charge in [-0.2, -0.15) is 5.26 Å². The molecule has 0 spiro atoms. The number of nitriles is 1. The van der Waals surface area contributed by atoms with Gasteiger partial charge in [-0.05, 0) is 19.1 Å². The van der Waals surface area contributed by atoms with Gasteiger partial charge in [-0.25, -0.2) is 4.79 Å². The van der Waals surface area contributed by atoms with Crippen LogP contribution in [-0.4, -0.2) is 41.6 Å². The van der Waals surface area contributed by atoms with Crippen molar-refractivity contribution in [1.82, 2.24) is 10.2 Å². The van der Waals surface area contributed by atoms with Gasteiger partial charge >= 0.3 is 6.03 Å². The molecule has 2 aliphatic heterocycles. The summed E-state index contributed by atoms with van der Waals surface area (Å²) in [7, 11) is 0. The van der Waals surface area contributed by atoms with E-state index in [1.807, 2.05) is 6.07 Å². The lowest BCUT2D eigenvalue weighted by atomic mass is 9.84. The summed E-state index contributed by atoms with van der Waals surface area (Å²) in [6, 6.07) is 4.80. The van der Waals surface area contributed by atoms with Gasteiger partial charge in [-0.3, -0.25) is 9.69 Å². The van der Waals surface area contributed by atoms with Crippen LogP contribution in [-0.2, 0) is 10.2 Å². The molecule has 1 N–H and O–H groups in total. The van der Waals surface area contributed by atoms with Gasteiger partial charge in [0.05, 0.1) is 12.2 Å². The van der Waals surface area contributed by atoms with Crippen molar-refractivity contribution < 1.29 is 19.1 Å². The lowest BCUT2D eigenvalue weighted by molar-refractivity contribution is -0.131. The van der Waals surface area contributed by atoms with E-state index in [0.29, 0.717) is 30.8 Å². The first kappa shape index (κ1) is 16.7. The molecule has 7 heteroatoms. The van der Waals surface area contributed by atoms with Crippen molar-refractivity contribution in [2.45, 2.75) is 57.2 Å². The number of hydrogen-bond acceptors (Lipinski definition) is 5. The summed E-state index contributed by atoms with van der Waals surface area (Å²) in [5, 5.41) is 11.9. The van der Waals surface area contributed by atoms with Crippen molar-refractivity contribution in [2.24, 2.45) is 0 Å². The first-order chi connectivity index (χ1) is 12.3. The van der Waals surface area contributed by atoms with Crippen molar-refractivity contribution in [3.8, 4) is 17.6 Å². The Hall–Kier alpha value is -2.75. The molecule has 136 valence electrons. The fraction of sp³-hybridized carbons (Fsp3) is 0.526. The highest BCUT2D eigenvalue weighted by Gasteiger charge is 2.46. The van der Waals surface area contributed by atoms with Crippen LogP contribution in [0.15, 0.2) is 12.1 Å². The van der Waals surface area contributed by atoms with Gasteiger partial charge in [0.25, 0.3) is 5.91 Å². The van der Waals surface area contributed by atoms with E-state index >= 15 is 0 Å². The summed E-state index contributed by atoms with van der Waals surface area (Å²) < 4.78 is 11.9. The van der Waals surface area contributed by atoms with E-state index in [0.717, 1.165) is 11.3 Å². The average Bonchev–Trinajstić information content (AvgIpc) is 3.00. The lowest BCUT2D eigenvalue weighted by Crippen LogP contribution is -2.52.